The van der Waals surface area contributed by atoms with Crippen molar-refractivity contribution in [2.45, 2.75) is 6.04 Å². The van der Waals surface area contributed by atoms with E-state index in [4.69, 9.17) is 27.9 Å². The van der Waals surface area contributed by atoms with Gasteiger partial charge in [-0.1, -0.05) is 0 Å². The maximum Gasteiger partial charge on any atom is 0.177 e. The molecule has 0 saturated heterocycles. The number of aliphatic imine (C=N–C) groups is 1. The van der Waals surface area contributed by atoms with Crippen LogP contribution in [0.4, 0.5) is 0 Å². The quantitative estimate of drug-likeness (QED) is 0.290. The van der Waals surface area contributed by atoms with Crippen LogP contribution in [0.25, 0.3) is 0 Å². The summed E-state index contributed by atoms with van der Waals surface area (Å²) in [5, 5.41) is 15.7. The first-order valence-corrected chi connectivity index (χ1v) is 3.35. The van der Waals surface area contributed by atoms with Gasteiger partial charge in [-0.05, 0) is 0 Å². The molecule has 0 aromatic rings. The SMILES string of the molecule is N#CC(N=C(N)CN)C(=N)CN. The van der Waals surface area contributed by atoms with Gasteiger partial charge in [0.05, 0.1) is 18.3 Å². The molecule has 66 valence electrons. The lowest BCUT2D eigenvalue weighted by atomic mass is 10.2. The Labute approximate surface area is 70.6 Å². The van der Waals surface area contributed by atoms with E-state index in [2.05, 4.69) is 4.99 Å². The number of nitrogens with one attached hydrogen (secondary N) is 1. The summed E-state index contributed by atoms with van der Waals surface area (Å²) in [7, 11) is 0. The van der Waals surface area contributed by atoms with Gasteiger partial charge in [-0.15, -0.1) is 0 Å². The zero-order chi connectivity index (χ0) is 9.56. The molecule has 0 amide bonds. The third-order valence-electron chi connectivity index (χ3n) is 1.18. The smallest absolute Gasteiger partial charge is 0.177 e. The van der Waals surface area contributed by atoms with Crippen LogP contribution in [0.2, 0.25) is 0 Å². The summed E-state index contributed by atoms with van der Waals surface area (Å²) in [5.41, 5.74) is 15.6. The fourth-order valence-corrected chi connectivity index (χ4v) is 0.515. The minimum Gasteiger partial charge on any atom is -0.386 e. The molecule has 0 radical (unpaired) electrons. The first kappa shape index (κ1) is 10.6. The Bertz CT molecular complexity index is 225. The van der Waals surface area contributed by atoms with Crippen LogP contribution in [0.3, 0.4) is 0 Å². The standard InChI is InChI=1S/C6H12N6/c7-1-4(10)5(2-8)12-6(11)3-9/h5,10H,1,3,7,9H2,(H2,11,12). The van der Waals surface area contributed by atoms with Crippen molar-refractivity contribution in [2.24, 2.45) is 22.2 Å². The Morgan fingerprint density at radius 2 is 2.08 bits per heavy atom. The summed E-state index contributed by atoms with van der Waals surface area (Å²) >= 11 is 0. The molecule has 0 heterocycles. The van der Waals surface area contributed by atoms with Crippen LogP contribution in [0, 0.1) is 16.7 Å². The highest BCUT2D eigenvalue weighted by Gasteiger charge is 2.10. The van der Waals surface area contributed by atoms with E-state index in [1.807, 2.05) is 0 Å². The lowest BCUT2D eigenvalue weighted by Gasteiger charge is -2.04. The molecule has 0 saturated carbocycles. The van der Waals surface area contributed by atoms with Gasteiger partial charge in [-0.25, -0.2) is 4.99 Å². The molecule has 0 fully saturated rings. The highest BCUT2D eigenvalue weighted by atomic mass is 14.9. The maximum absolute atomic E-state index is 8.52. The molecule has 0 spiro atoms. The fraction of sp³-hybridized carbons (Fsp3) is 0.500. The van der Waals surface area contributed by atoms with Gasteiger partial charge in [0.2, 0.25) is 0 Å². The van der Waals surface area contributed by atoms with Crippen LogP contribution in [0.15, 0.2) is 4.99 Å². The largest absolute Gasteiger partial charge is 0.386 e. The van der Waals surface area contributed by atoms with E-state index in [0.717, 1.165) is 0 Å². The van der Waals surface area contributed by atoms with Crippen molar-refractivity contribution in [3.8, 4) is 6.07 Å². The van der Waals surface area contributed by atoms with Crippen LogP contribution in [0.5, 0.6) is 0 Å². The normalized spacial score (nSPS) is 13.6. The Hall–Kier alpha value is -1.45. The Morgan fingerprint density at radius 3 is 2.42 bits per heavy atom. The van der Waals surface area contributed by atoms with Crippen molar-refractivity contribution in [1.29, 1.82) is 10.7 Å². The van der Waals surface area contributed by atoms with E-state index in [0.29, 0.717) is 0 Å². The Kier molecular flexibility index (Phi) is 4.60. The monoisotopic (exact) mass is 168 g/mol. The van der Waals surface area contributed by atoms with E-state index < -0.39 is 6.04 Å². The molecule has 0 bridgehead atoms. The number of nitriles is 1. The van der Waals surface area contributed by atoms with Crippen molar-refractivity contribution >= 4 is 11.5 Å². The first-order valence-electron chi connectivity index (χ1n) is 3.35. The molecule has 0 rings (SSSR count). The van der Waals surface area contributed by atoms with E-state index >= 15 is 0 Å². The number of nitrogens with two attached hydrogens (primary N) is 3. The average molecular weight is 168 g/mol. The molecular formula is C6H12N6. The Morgan fingerprint density at radius 1 is 1.50 bits per heavy atom. The summed E-state index contributed by atoms with van der Waals surface area (Å²) in [6.45, 7) is 0.0790. The number of amidine groups is 1. The summed E-state index contributed by atoms with van der Waals surface area (Å²) < 4.78 is 0. The van der Waals surface area contributed by atoms with Crippen LogP contribution < -0.4 is 17.2 Å². The molecule has 1 atom stereocenters. The molecule has 0 aliphatic heterocycles. The number of hydrogen-bond acceptors (Lipinski definition) is 5. The summed E-state index contributed by atoms with van der Waals surface area (Å²) in [4.78, 5) is 3.69. The highest BCUT2D eigenvalue weighted by molar-refractivity contribution is 5.94. The van der Waals surface area contributed by atoms with Crippen LogP contribution in [-0.2, 0) is 0 Å². The number of nitrogens with zero attached hydrogens (tertiary/aromatic N) is 2. The van der Waals surface area contributed by atoms with Crippen LogP contribution >= 0.6 is 0 Å². The van der Waals surface area contributed by atoms with Gasteiger partial charge in [-0.3, -0.25) is 0 Å². The van der Waals surface area contributed by atoms with E-state index in [1.54, 1.807) is 6.07 Å². The zero-order valence-corrected chi connectivity index (χ0v) is 6.62. The molecule has 12 heavy (non-hydrogen) atoms. The van der Waals surface area contributed by atoms with E-state index in [-0.39, 0.29) is 24.6 Å². The van der Waals surface area contributed by atoms with Crippen molar-refractivity contribution in [1.82, 2.24) is 0 Å². The van der Waals surface area contributed by atoms with Crippen LogP contribution in [-0.4, -0.2) is 30.7 Å². The Balaban J connectivity index is 4.40. The molecular weight excluding hydrogens is 156 g/mol. The van der Waals surface area contributed by atoms with Crippen molar-refractivity contribution in [3.05, 3.63) is 0 Å². The first-order chi connectivity index (χ1) is 5.65. The second-order valence-corrected chi connectivity index (χ2v) is 2.09. The lowest BCUT2D eigenvalue weighted by molar-refractivity contribution is 1.02. The van der Waals surface area contributed by atoms with Gasteiger partial charge in [-0.2, -0.15) is 5.26 Å². The third-order valence-corrected chi connectivity index (χ3v) is 1.18. The van der Waals surface area contributed by atoms with Gasteiger partial charge in [0.1, 0.15) is 5.84 Å². The summed E-state index contributed by atoms with van der Waals surface area (Å²) in [5.74, 6) is 0.153. The average Bonchev–Trinajstić information content (AvgIpc) is 2.12. The van der Waals surface area contributed by atoms with Crippen molar-refractivity contribution in [2.75, 3.05) is 13.1 Å². The van der Waals surface area contributed by atoms with Crippen LogP contribution in [0.1, 0.15) is 0 Å². The predicted octanol–water partition coefficient (Wildman–Crippen LogP) is -1.83. The topological polar surface area (TPSA) is 138 Å². The van der Waals surface area contributed by atoms with E-state index in [9.17, 15) is 0 Å². The number of hydrogen-bond donors (Lipinski definition) is 4. The molecule has 0 aliphatic rings. The molecule has 1 unspecified atom stereocenters. The van der Waals surface area contributed by atoms with E-state index in [1.165, 1.54) is 0 Å². The summed E-state index contributed by atoms with van der Waals surface area (Å²) in [6.07, 6.45) is 0. The number of rotatable bonds is 4. The van der Waals surface area contributed by atoms with Gasteiger partial charge < -0.3 is 22.6 Å². The maximum atomic E-state index is 8.52. The molecule has 6 heteroatoms. The third kappa shape index (κ3) is 3.09. The predicted molar refractivity (Wildman–Crippen MR) is 46.9 cm³/mol. The van der Waals surface area contributed by atoms with Gasteiger partial charge in [0.25, 0.3) is 0 Å². The molecule has 0 aromatic carbocycles. The van der Waals surface area contributed by atoms with Crippen molar-refractivity contribution < 1.29 is 0 Å². The minimum atomic E-state index is -0.890. The second-order valence-electron chi connectivity index (χ2n) is 2.09. The fourth-order valence-electron chi connectivity index (χ4n) is 0.515. The van der Waals surface area contributed by atoms with Gasteiger partial charge in [0.15, 0.2) is 6.04 Å². The van der Waals surface area contributed by atoms with Gasteiger partial charge >= 0.3 is 0 Å². The summed E-state index contributed by atoms with van der Waals surface area (Å²) in [6, 6.07) is 0.900. The van der Waals surface area contributed by atoms with Crippen molar-refractivity contribution in [3.63, 3.8) is 0 Å². The zero-order valence-electron chi connectivity index (χ0n) is 6.62. The minimum absolute atomic E-state index is 0.000419. The molecule has 7 N–H and O–H groups in total. The molecule has 6 nitrogen and oxygen atoms in total. The molecule has 0 aliphatic carbocycles. The lowest BCUT2D eigenvalue weighted by Crippen LogP contribution is -2.30. The second kappa shape index (κ2) is 5.23. The molecule has 0 aromatic heterocycles. The highest BCUT2D eigenvalue weighted by Crippen LogP contribution is 1.90. The van der Waals surface area contributed by atoms with Gasteiger partial charge in [0, 0.05) is 6.54 Å².